The van der Waals surface area contributed by atoms with Crippen LogP contribution in [-0.2, 0) is 11.2 Å². The second kappa shape index (κ2) is 8.55. The molecule has 0 saturated heterocycles. The molecule has 0 saturated carbocycles. The summed E-state index contributed by atoms with van der Waals surface area (Å²) in [6.45, 7) is 0. The van der Waals surface area contributed by atoms with Crippen molar-refractivity contribution in [2.24, 2.45) is 5.84 Å². The van der Waals surface area contributed by atoms with Crippen LogP contribution in [0.15, 0.2) is 42.5 Å². The number of rotatable bonds is 7. The van der Waals surface area contributed by atoms with Gasteiger partial charge in [0.1, 0.15) is 11.8 Å². The number of aromatic hydroxyl groups is 1. The molecule has 0 radical (unpaired) electrons. The number of hydrogen-bond donors (Lipinski definition) is 4. The van der Waals surface area contributed by atoms with Crippen molar-refractivity contribution in [3.8, 4) is 5.75 Å². The highest BCUT2D eigenvalue weighted by Crippen LogP contribution is 2.23. The summed E-state index contributed by atoms with van der Waals surface area (Å²) in [5.41, 5.74) is 0.832. The average molecular weight is 389 g/mol. The molecule has 12 heteroatoms. The Morgan fingerprint density at radius 2 is 1.57 bits per heavy atom. The Morgan fingerprint density at radius 1 is 1.04 bits per heavy atom. The van der Waals surface area contributed by atoms with Gasteiger partial charge in [0, 0.05) is 18.6 Å². The van der Waals surface area contributed by atoms with E-state index in [2.05, 4.69) is 5.32 Å². The molecular formula is C16H15N5O7. The van der Waals surface area contributed by atoms with Gasteiger partial charge in [0.2, 0.25) is 0 Å². The fourth-order valence-corrected chi connectivity index (χ4v) is 2.36. The van der Waals surface area contributed by atoms with Gasteiger partial charge in [-0.1, -0.05) is 12.1 Å². The van der Waals surface area contributed by atoms with E-state index in [4.69, 9.17) is 5.84 Å². The Morgan fingerprint density at radius 3 is 2.04 bits per heavy atom. The van der Waals surface area contributed by atoms with Crippen LogP contribution in [0.1, 0.15) is 15.9 Å². The van der Waals surface area contributed by atoms with Crippen LogP contribution >= 0.6 is 0 Å². The highest BCUT2D eigenvalue weighted by atomic mass is 16.6. The van der Waals surface area contributed by atoms with Gasteiger partial charge < -0.3 is 10.4 Å². The number of amides is 2. The summed E-state index contributed by atoms with van der Waals surface area (Å²) in [5, 5.41) is 33.5. The van der Waals surface area contributed by atoms with Gasteiger partial charge in [-0.05, 0) is 17.7 Å². The van der Waals surface area contributed by atoms with Crippen molar-refractivity contribution < 1.29 is 24.5 Å². The molecule has 0 fully saturated rings. The summed E-state index contributed by atoms with van der Waals surface area (Å²) >= 11 is 0. The lowest BCUT2D eigenvalue weighted by molar-refractivity contribution is -0.394. The summed E-state index contributed by atoms with van der Waals surface area (Å²) in [6, 6.07) is 7.10. The van der Waals surface area contributed by atoms with Crippen LogP contribution in [0, 0.1) is 20.2 Å². The second-order valence-electron chi connectivity index (χ2n) is 5.66. The first-order chi connectivity index (χ1) is 13.2. The summed E-state index contributed by atoms with van der Waals surface area (Å²) in [5.74, 6) is 3.45. The van der Waals surface area contributed by atoms with Crippen molar-refractivity contribution in [2.45, 2.75) is 12.5 Å². The lowest BCUT2D eigenvalue weighted by Gasteiger charge is -2.17. The summed E-state index contributed by atoms with van der Waals surface area (Å²) in [6.07, 6.45) is -0.00786. The van der Waals surface area contributed by atoms with Crippen LogP contribution in [0.4, 0.5) is 11.4 Å². The van der Waals surface area contributed by atoms with Crippen LogP contribution in [0.5, 0.6) is 5.75 Å². The third-order valence-corrected chi connectivity index (χ3v) is 3.73. The molecule has 28 heavy (non-hydrogen) atoms. The molecule has 1 atom stereocenters. The number of hydrogen-bond acceptors (Lipinski definition) is 8. The van der Waals surface area contributed by atoms with E-state index in [1.54, 1.807) is 0 Å². The van der Waals surface area contributed by atoms with E-state index >= 15 is 0 Å². The number of non-ortho nitro benzene ring substituents is 2. The van der Waals surface area contributed by atoms with Crippen LogP contribution in [0.3, 0.4) is 0 Å². The molecule has 146 valence electrons. The molecule has 2 aromatic rings. The van der Waals surface area contributed by atoms with E-state index in [1.807, 2.05) is 5.43 Å². The van der Waals surface area contributed by atoms with Gasteiger partial charge in [0.25, 0.3) is 23.2 Å². The fraction of sp³-hybridized carbons (Fsp3) is 0.125. The van der Waals surface area contributed by atoms with E-state index in [-0.39, 0.29) is 17.7 Å². The molecule has 0 aliphatic rings. The van der Waals surface area contributed by atoms with Crippen molar-refractivity contribution in [1.82, 2.24) is 10.7 Å². The van der Waals surface area contributed by atoms with Gasteiger partial charge >= 0.3 is 0 Å². The molecule has 1 unspecified atom stereocenters. The largest absolute Gasteiger partial charge is 0.508 e. The van der Waals surface area contributed by atoms with Crippen LogP contribution in [0.2, 0.25) is 0 Å². The lowest BCUT2D eigenvalue weighted by Crippen LogP contribution is -2.50. The van der Waals surface area contributed by atoms with Crippen molar-refractivity contribution in [1.29, 1.82) is 0 Å². The van der Waals surface area contributed by atoms with Gasteiger partial charge in [0.15, 0.2) is 0 Å². The monoisotopic (exact) mass is 389 g/mol. The predicted molar refractivity (Wildman–Crippen MR) is 95.1 cm³/mol. The number of carbonyl (C=O) groups is 2. The van der Waals surface area contributed by atoms with Crippen molar-refractivity contribution in [3.63, 3.8) is 0 Å². The summed E-state index contributed by atoms with van der Waals surface area (Å²) in [4.78, 5) is 44.6. The zero-order valence-corrected chi connectivity index (χ0v) is 14.2. The standard InChI is InChI=1S/C16H15N5O7/c17-19-16(24)14(5-9-1-3-13(22)4-2-9)18-15(23)10-6-11(20(25)26)8-12(7-10)21(27)28/h1-4,6-8,14,22H,5,17H2,(H,18,23)(H,19,24). The van der Waals surface area contributed by atoms with Gasteiger partial charge in [0.05, 0.1) is 21.5 Å². The summed E-state index contributed by atoms with van der Waals surface area (Å²) < 4.78 is 0. The maximum Gasteiger partial charge on any atom is 0.277 e. The van der Waals surface area contributed by atoms with E-state index in [0.29, 0.717) is 5.56 Å². The number of phenolic OH excluding ortho intramolecular Hbond substituents is 1. The third kappa shape index (κ3) is 4.98. The van der Waals surface area contributed by atoms with E-state index in [0.717, 1.165) is 18.2 Å². The van der Waals surface area contributed by atoms with Crippen LogP contribution in [-0.4, -0.2) is 32.8 Å². The maximum atomic E-state index is 12.5. The van der Waals surface area contributed by atoms with E-state index in [1.165, 1.54) is 24.3 Å². The molecule has 12 nitrogen and oxygen atoms in total. The molecule has 2 amide bonds. The van der Waals surface area contributed by atoms with Crippen LogP contribution in [0.25, 0.3) is 0 Å². The van der Waals surface area contributed by atoms with Gasteiger partial charge in [-0.25, -0.2) is 5.84 Å². The zero-order valence-electron chi connectivity index (χ0n) is 14.2. The molecular weight excluding hydrogens is 374 g/mol. The lowest BCUT2D eigenvalue weighted by atomic mass is 10.0. The minimum Gasteiger partial charge on any atom is -0.508 e. The fourth-order valence-electron chi connectivity index (χ4n) is 2.36. The first kappa shape index (κ1) is 20.3. The predicted octanol–water partition coefficient (Wildman–Crippen LogP) is 0.540. The van der Waals surface area contributed by atoms with Crippen molar-refractivity contribution in [2.75, 3.05) is 0 Å². The zero-order chi connectivity index (χ0) is 20.8. The highest BCUT2D eigenvalue weighted by molar-refractivity contribution is 5.98. The second-order valence-corrected chi connectivity index (χ2v) is 5.66. The molecule has 2 aromatic carbocycles. The Labute approximate surface area is 157 Å². The molecule has 0 spiro atoms. The highest BCUT2D eigenvalue weighted by Gasteiger charge is 2.24. The Bertz CT molecular complexity index is 897. The number of benzene rings is 2. The number of phenols is 1. The SMILES string of the molecule is NNC(=O)C(Cc1ccc(O)cc1)NC(=O)c1cc([N+](=O)[O-])cc([N+](=O)[O-])c1. The minimum absolute atomic E-state index is 0.00786. The maximum absolute atomic E-state index is 12.5. The quantitative estimate of drug-likeness (QED) is 0.228. The Hall–Kier alpha value is -4.06. The molecule has 0 aliphatic carbocycles. The van der Waals surface area contributed by atoms with E-state index < -0.39 is 39.1 Å². The van der Waals surface area contributed by atoms with Crippen molar-refractivity contribution in [3.05, 3.63) is 73.8 Å². The molecule has 2 rings (SSSR count). The number of hydrazine groups is 1. The first-order valence-electron chi connectivity index (χ1n) is 7.74. The van der Waals surface area contributed by atoms with E-state index in [9.17, 15) is 34.9 Å². The smallest absolute Gasteiger partial charge is 0.277 e. The molecule has 0 aliphatic heterocycles. The molecule has 0 heterocycles. The Kier molecular flexibility index (Phi) is 6.18. The average Bonchev–Trinajstić information content (AvgIpc) is 2.67. The summed E-state index contributed by atoms with van der Waals surface area (Å²) in [7, 11) is 0. The molecule has 0 aromatic heterocycles. The number of nitro groups is 2. The van der Waals surface area contributed by atoms with Gasteiger partial charge in [-0.3, -0.25) is 35.2 Å². The number of nitrogens with two attached hydrogens (primary N) is 1. The first-order valence-corrected chi connectivity index (χ1v) is 7.74. The number of nitro benzene ring substituents is 2. The third-order valence-electron chi connectivity index (χ3n) is 3.73. The molecule has 5 N–H and O–H groups in total. The number of nitrogens with one attached hydrogen (secondary N) is 2. The van der Waals surface area contributed by atoms with Crippen molar-refractivity contribution >= 4 is 23.2 Å². The van der Waals surface area contributed by atoms with Gasteiger partial charge in [-0.15, -0.1) is 0 Å². The minimum atomic E-state index is -1.17. The van der Waals surface area contributed by atoms with Gasteiger partial charge in [-0.2, -0.15) is 0 Å². The molecule has 0 bridgehead atoms. The normalized spacial score (nSPS) is 11.3. The number of carbonyl (C=O) groups excluding carboxylic acids is 2. The number of nitrogens with zero attached hydrogens (tertiary/aromatic N) is 2. The topological polar surface area (TPSA) is 191 Å². The Balaban J connectivity index is 2.30. The van der Waals surface area contributed by atoms with Crippen LogP contribution < -0.4 is 16.6 Å².